The van der Waals surface area contributed by atoms with Crippen molar-refractivity contribution in [3.63, 3.8) is 0 Å². The average Bonchev–Trinajstić information content (AvgIpc) is 3.17. The smallest absolute Gasteiger partial charge is 0.264 e. The molecule has 2 aliphatic rings. The van der Waals surface area contributed by atoms with Crippen LogP contribution in [0.3, 0.4) is 0 Å². The number of carbonyl (C=O) groups excluding carboxylic acids is 1. The molecule has 25 heavy (non-hydrogen) atoms. The highest BCUT2D eigenvalue weighted by molar-refractivity contribution is 5.97. The van der Waals surface area contributed by atoms with E-state index in [0.29, 0.717) is 6.54 Å². The summed E-state index contributed by atoms with van der Waals surface area (Å²) in [5.41, 5.74) is 2.42. The number of furan rings is 1. The molecule has 1 aliphatic carbocycles. The van der Waals surface area contributed by atoms with Gasteiger partial charge < -0.3 is 14.4 Å². The molecule has 0 bridgehead atoms. The first kappa shape index (κ1) is 16.2. The van der Waals surface area contributed by atoms with Crippen molar-refractivity contribution >= 4 is 5.91 Å². The molecular formula is C19H25N3O3. The first-order valence-electron chi connectivity index (χ1n) is 9.16. The number of aromatic amines is 2. The number of likely N-dealkylation sites (tertiary alicyclic amines) is 1. The lowest BCUT2D eigenvalue weighted by Crippen LogP contribution is -2.47. The Bertz CT molecular complexity index is 860. The van der Waals surface area contributed by atoms with Crippen molar-refractivity contribution < 1.29 is 9.21 Å². The summed E-state index contributed by atoms with van der Waals surface area (Å²) >= 11 is 0. The zero-order valence-electron chi connectivity index (χ0n) is 14.9. The molecule has 134 valence electrons. The van der Waals surface area contributed by atoms with Crippen LogP contribution in [0.1, 0.15) is 65.7 Å². The van der Waals surface area contributed by atoms with Gasteiger partial charge in [-0.2, -0.15) is 0 Å². The highest BCUT2D eigenvalue weighted by Crippen LogP contribution is 2.35. The zero-order chi connectivity index (χ0) is 17.6. The van der Waals surface area contributed by atoms with E-state index in [1.807, 2.05) is 11.8 Å². The van der Waals surface area contributed by atoms with E-state index >= 15 is 0 Å². The van der Waals surface area contributed by atoms with E-state index in [-0.39, 0.29) is 16.9 Å². The van der Waals surface area contributed by atoms with Gasteiger partial charge in [0.25, 0.3) is 11.5 Å². The van der Waals surface area contributed by atoms with E-state index in [0.717, 1.165) is 73.4 Å². The Hall–Kier alpha value is -2.24. The number of hydrogen-bond donors (Lipinski definition) is 2. The van der Waals surface area contributed by atoms with Crippen molar-refractivity contribution in [3.05, 3.63) is 44.8 Å². The number of carbonyl (C=O) groups is 1. The highest BCUT2D eigenvalue weighted by Gasteiger charge is 2.38. The van der Waals surface area contributed by atoms with Gasteiger partial charge in [-0.15, -0.1) is 0 Å². The molecule has 4 rings (SSSR count). The van der Waals surface area contributed by atoms with Gasteiger partial charge in [-0.1, -0.05) is 6.92 Å². The number of fused-ring (bicyclic) bond motifs is 1. The first-order chi connectivity index (χ1) is 12.0. The maximum atomic E-state index is 13.3. The molecule has 0 saturated carbocycles. The topological polar surface area (TPSA) is 82.1 Å². The van der Waals surface area contributed by atoms with Crippen LogP contribution in [0.5, 0.6) is 0 Å². The predicted octanol–water partition coefficient (Wildman–Crippen LogP) is 2.68. The van der Waals surface area contributed by atoms with Gasteiger partial charge in [0.1, 0.15) is 11.5 Å². The van der Waals surface area contributed by atoms with Crippen molar-refractivity contribution in [2.24, 2.45) is 0 Å². The summed E-state index contributed by atoms with van der Waals surface area (Å²) in [6.07, 6.45) is 6.00. The molecular weight excluding hydrogens is 318 g/mol. The second kappa shape index (κ2) is 5.93. The molecule has 6 heteroatoms. The standard InChI is InChI=1S/C19H25N3O3/c1-12-17(13-6-3-4-7-14(13)25-12)18(24)22-9-5-8-19(2,11-22)15-10-16(23)21-20-15/h10H,3-9,11H2,1-2H3,(H2,20,21,23). The molecule has 1 unspecified atom stereocenters. The Balaban J connectivity index is 1.63. The van der Waals surface area contributed by atoms with E-state index in [9.17, 15) is 9.59 Å². The summed E-state index contributed by atoms with van der Waals surface area (Å²) < 4.78 is 5.89. The third-order valence-corrected chi connectivity index (χ3v) is 5.79. The maximum Gasteiger partial charge on any atom is 0.264 e. The fourth-order valence-corrected chi connectivity index (χ4v) is 4.43. The van der Waals surface area contributed by atoms with Crippen molar-refractivity contribution in [1.82, 2.24) is 15.1 Å². The van der Waals surface area contributed by atoms with Crippen LogP contribution < -0.4 is 5.56 Å². The van der Waals surface area contributed by atoms with Crippen LogP contribution in [0.15, 0.2) is 15.3 Å². The van der Waals surface area contributed by atoms with Crippen LogP contribution >= 0.6 is 0 Å². The molecule has 6 nitrogen and oxygen atoms in total. The number of aromatic nitrogens is 2. The van der Waals surface area contributed by atoms with Crippen LogP contribution in [0.2, 0.25) is 0 Å². The summed E-state index contributed by atoms with van der Waals surface area (Å²) in [7, 11) is 0. The van der Waals surface area contributed by atoms with Gasteiger partial charge >= 0.3 is 0 Å². The van der Waals surface area contributed by atoms with Crippen LogP contribution in [-0.2, 0) is 18.3 Å². The first-order valence-corrected chi connectivity index (χ1v) is 9.16. The molecule has 3 heterocycles. The van der Waals surface area contributed by atoms with Crippen LogP contribution in [0, 0.1) is 6.92 Å². The molecule has 1 amide bonds. The third-order valence-electron chi connectivity index (χ3n) is 5.79. The number of nitrogens with one attached hydrogen (secondary N) is 2. The minimum absolute atomic E-state index is 0.0770. The maximum absolute atomic E-state index is 13.3. The molecule has 0 aromatic carbocycles. The second-order valence-electron chi connectivity index (χ2n) is 7.71. The van der Waals surface area contributed by atoms with Gasteiger partial charge in [0, 0.05) is 42.2 Å². The lowest BCUT2D eigenvalue weighted by molar-refractivity contribution is 0.0645. The number of rotatable bonds is 2. The summed E-state index contributed by atoms with van der Waals surface area (Å²) in [5, 5.41) is 5.59. The lowest BCUT2D eigenvalue weighted by Gasteiger charge is -2.40. The molecule has 2 aromatic heterocycles. The third kappa shape index (κ3) is 2.73. The second-order valence-corrected chi connectivity index (χ2v) is 7.71. The van der Waals surface area contributed by atoms with E-state index < -0.39 is 0 Å². The Kier molecular flexibility index (Phi) is 3.85. The van der Waals surface area contributed by atoms with Crippen LogP contribution in [0.4, 0.5) is 0 Å². The largest absolute Gasteiger partial charge is 0.465 e. The van der Waals surface area contributed by atoms with Crippen LogP contribution in [0.25, 0.3) is 0 Å². The van der Waals surface area contributed by atoms with Crippen LogP contribution in [-0.4, -0.2) is 34.1 Å². The number of H-pyrrole nitrogens is 2. The molecule has 0 spiro atoms. The zero-order valence-corrected chi connectivity index (χ0v) is 14.9. The number of amides is 1. The van der Waals surface area contributed by atoms with Gasteiger partial charge in [0.2, 0.25) is 0 Å². The SMILES string of the molecule is Cc1oc2c(c1C(=O)N1CCCC(C)(c3cc(=O)[nH][nH]3)C1)CCCC2. The number of hydrogen-bond acceptors (Lipinski definition) is 3. The Morgan fingerprint density at radius 3 is 2.80 bits per heavy atom. The molecule has 1 saturated heterocycles. The number of aryl methyl sites for hydroxylation is 2. The van der Waals surface area contributed by atoms with Gasteiger partial charge in [0.15, 0.2) is 0 Å². The Morgan fingerprint density at radius 1 is 1.24 bits per heavy atom. The molecule has 0 radical (unpaired) electrons. The lowest BCUT2D eigenvalue weighted by atomic mass is 9.78. The van der Waals surface area contributed by atoms with E-state index in [4.69, 9.17) is 4.42 Å². The summed E-state index contributed by atoms with van der Waals surface area (Å²) in [6, 6.07) is 1.61. The minimum atomic E-state index is -0.231. The quantitative estimate of drug-likeness (QED) is 0.879. The monoisotopic (exact) mass is 343 g/mol. The van der Waals surface area contributed by atoms with Crippen molar-refractivity contribution in [2.75, 3.05) is 13.1 Å². The Morgan fingerprint density at radius 2 is 2.04 bits per heavy atom. The molecule has 2 aromatic rings. The predicted molar refractivity (Wildman–Crippen MR) is 94.0 cm³/mol. The van der Waals surface area contributed by atoms with Crippen molar-refractivity contribution in [3.8, 4) is 0 Å². The van der Waals surface area contributed by atoms with E-state index in [1.54, 1.807) is 6.07 Å². The summed E-state index contributed by atoms with van der Waals surface area (Å²) in [6.45, 7) is 5.38. The van der Waals surface area contributed by atoms with E-state index in [1.165, 1.54) is 0 Å². The van der Waals surface area contributed by atoms with E-state index in [2.05, 4.69) is 17.1 Å². The fourth-order valence-electron chi connectivity index (χ4n) is 4.43. The molecule has 1 fully saturated rings. The average molecular weight is 343 g/mol. The van der Waals surface area contributed by atoms with Gasteiger partial charge in [-0.25, -0.2) is 0 Å². The Labute approximate surface area is 146 Å². The summed E-state index contributed by atoms with van der Waals surface area (Å²) in [5.74, 6) is 1.83. The number of nitrogens with zero attached hydrogens (tertiary/aromatic N) is 1. The molecule has 1 aliphatic heterocycles. The van der Waals surface area contributed by atoms with Crippen molar-refractivity contribution in [1.29, 1.82) is 0 Å². The van der Waals surface area contributed by atoms with Gasteiger partial charge in [0.05, 0.1) is 5.56 Å². The summed E-state index contributed by atoms with van der Waals surface area (Å²) in [4.78, 5) is 26.7. The van der Waals surface area contributed by atoms with Gasteiger partial charge in [-0.05, 0) is 39.0 Å². The minimum Gasteiger partial charge on any atom is -0.465 e. The van der Waals surface area contributed by atoms with Crippen molar-refractivity contribution in [2.45, 2.75) is 57.8 Å². The normalized spacial score (nSPS) is 23.5. The highest BCUT2D eigenvalue weighted by atomic mass is 16.3. The molecule has 2 N–H and O–H groups in total. The molecule has 1 atom stereocenters. The van der Waals surface area contributed by atoms with Gasteiger partial charge in [-0.3, -0.25) is 14.7 Å². The number of piperidine rings is 1. The fraction of sp³-hybridized carbons (Fsp3) is 0.579.